The van der Waals surface area contributed by atoms with Gasteiger partial charge in [0.05, 0.1) is 11.6 Å². The van der Waals surface area contributed by atoms with Crippen molar-refractivity contribution < 1.29 is 9.59 Å². The van der Waals surface area contributed by atoms with Gasteiger partial charge in [-0.25, -0.2) is 0 Å². The maximum Gasteiger partial charge on any atom is 0.252 e. The van der Waals surface area contributed by atoms with Crippen molar-refractivity contribution >= 4 is 11.7 Å². The minimum Gasteiger partial charge on any atom is -0.345 e. The Hall–Kier alpha value is -3.20. The van der Waals surface area contributed by atoms with Crippen LogP contribution in [-0.2, 0) is 0 Å². The number of ketones is 1. The molecule has 34 heavy (non-hydrogen) atoms. The lowest BCUT2D eigenvalue weighted by atomic mass is 9.81. The highest BCUT2D eigenvalue weighted by Gasteiger charge is 2.26. The van der Waals surface area contributed by atoms with Gasteiger partial charge in [-0.2, -0.15) is 0 Å². The van der Waals surface area contributed by atoms with Crippen LogP contribution in [0.1, 0.15) is 121 Å². The average Bonchev–Trinajstić information content (AvgIpc) is 2.83. The first kappa shape index (κ1) is 25.4. The van der Waals surface area contributed by atoms with Gasteiger partial charge in [-0.3, -0.25) is 9.59 Å². The Morgan fingerprint density at radius 2 is 1.12 bits per heavy atom. The molecule has 3 aromatic carbocycles. The van der Waals surface area contributed by atoms with Crippen LogP contribution in [0.15, 0.2) is 66.7 Å². The summed E-state index contributed by atoms with van der Waals surface area (Å²) in [4.78, 5) is 27.4. The highest BCUT2D eigenvalue weighted by atomic mass is 16.2. The first-order valence-electron chi connectivity index (χ1n) is 12.3. The van der Waals surface area contributed by atoms with Crippen LogP contribution >= 0.6 is 0 Å². The van der Waals surface area contributed by atoms with Gasteiger partial charge in [-0.15, -0.1) is 0 Å². The van der Waals surface area contributed by atoms with Crippen molar-refractivity contribution in [2.75, 3.05) is 0 Å². The number of benzene rings is 3. The molecule has 0 aliphatic rings. The minimum absolute atomic E-state index is 0.0826. The first-order chi connectivity index (χ1) is 16.1. The Labute approximate surface area is 204 Å². The van der Waals surface area contributed by atoms with Crippen molar-refractivity contribution in [3.8, 4) is 0 Å². The van der Waals surface area contributed by atoms with Crippen LogP contribution in [0, 0.1) is 0 Å². The van der Waals surface area contributed by atoms with Crippen LogP contribution in [0.4, 0.5) is 0 Å². The summed E-state index contributed by atoms with van der Waals surface area (Å²) in [5, 5.41) is 3.07. The van der Waals surface area contributed by atoms with Crippen molar-refractivity contribution in [1.29, 1.82) is 0 Å². The summed E-state index contributed by atoms with van der Waals surface area (Å²) >= 11 is 0. The van der Waals surface area contributed by atoms with Gasteiger partial charge in [0.1, 0.15) is 0 Å². The maximum atomic E-state index is 14.1. The fraction of sp³-hybridized carbons (Fsp3) is 0.355. The molecule has 0 heterocycles. The molecule has 1 amide bonds. The Morgan fingerprint density at radius 3 is 1.62 bits per heavy atom. The average molecular weight is 456 g/mol. The summed E-state index contributed by atoms with van der Waals surface area (Å²) in [6.07, 6.45) is 0. The highest BCUT2D eigenvalue weighted by Crippen LogP contribution is 2.34. The van der Waals surface area contributed by atoms with Crippen molar-refractivity contribution in [2.45, 2.75) is 72.3 Å². The molecule has 0 unspecified atom stereocenters. The van der Waals surface area contributed by atoms with Crippen LogP contribution in [-0.4, -0.2) is 11.7 Å². The van der Waals surface area contributed by atoms with Gasteiger partial charge >= 0.3 is 0 Å². The third-order valence-electron chi connectivity index (χ3n) is 6.42. The molecule has 3 heteroatoms. The fourth-order valence-electron chi connectivity index (χ4n) is 4.33. The highest BCUT2D eigenvalue weighted by molar-refractivity contribution is 6.16. The standard InChI is InChI=1S/C31H37NO2/c1-19(2)24-17-27(20(3)4)29(28(18-24)21(5)6)30(33)25-15-11-12-16-26(25)31(34)32-22(7)23-13-9-8-10-14-23/h8-22H,1-7H3,(H,32,34)/t22-/m0/s1. The van der Waals surface area contributed by atoms with E-state index in [1.54, 1.807) is 12.1 Å². The summed E-state index contributed by atoms with van der Waals surface area (Å²) in [5.41, 5.74) is 5.96. The second-order valence-corrected chi connectivity index (χ2v) is 10.0. The van der Waals surface area contributed by atoms with E-state index in [1.807, 2.05) is 49.4 Å². The lowest BCUT2D eigenvalue weighted by molar-refractivity contribution is 0.0929. The Balaban J connectivity index is 2.07. The molecule has 1 N–H and O–H groups in total. The number of rotatable bonds is 8. The third-order valence-corrected chi connectivity index (χ3v) is 6.42. The Morgan fingerprint density at radius 1 is 0.618 bits per heavy atom. The zero-order valence-electron chi connectivity index (χ0n) is 21.5. The maximum absolute atomic E-state index is 14.1. The number of carbonyl (C=O) groups excluding carboxylic acids is 2. The molecule has 1 atom stereocenters. The van der Waals surface area contributed by atoms with E-state index in [4.69, 9.17) is 0 Å². The van der Waals surface area contributed by atoms with Crippen molar-refractivity contribution in [3.63, 3.8) is 0 Å². The second-order valence-electron chi connectivity index (χ2n) is 10.0. The molecule has 0 saturated carbocycles. The lowest BCUT2D eigenvalue weighted by Crippen LogP contribution is -2.28. The molecule has 0 fully saturated rings. The Kier molecular flexibility index (Phi) is 8.09. The van der Waals surface area contributed by atoms with E-state index >= 15 is 0 Å². The first-order valence-corrected chi connectivity index (χ1v) is 12.3. The molecule has 178 valence electrons. The summed E-state index contributed by atoms with van der Waals surface area (Å²) in [5.74, 6) is 0.428. The van der Waals surface area contributed by atoms with Crippen LogP contribution in [0.25, 0.3) is 0 Å². The van der Waals surface area contributed by atoms with Gasteiger partial charge in [0, 0.05) is 11.1 Å². The number of carbonyl (C=O) groups is 2. The van der Waals surface area contributed by atoms with Crippen molar-refractivity contribution in [1.82, 2.24) is 5.32 Å². The molecule has 0 bridgehead atoms. The molecule has 3 nitrogen and oxygen atoms in total. The molecule has 0 radical (unpaired) electrons. The number of hydrogen-bond acceptors (Lipinski definition) is 2. The zero-order valence-corrected chi connectivity index (χ0v) is 21.5. The molecule has 3 aromatic rings. The van der Waals surface area contributed by atoms with Crippen molar-refractivity contribution in [3.05, 3.63) is 106 Å². The third kappa shape index (κ3) is 5.47. The predicted molar refractivity (Wildman–Crippen MR) is 141 cm³/mol. The van der Waals surface area contributed by atoms with E-state index in [2.05, 4.69) is 59.0 Å². The predicted octanol–water partition coefficient (Wildman–Crippen LogP) is 7.78. The summed E-state index contributed by atoms with van der Waals surface area (Å²) in [6.45, 7) is 14.8. The van der Waals surface area contributed by atoms with Gasteiger partial charge in [0.25, 0.3) is 5.91 Å². The quantitative estimate of drug-likeness (QED) is 0.353. The number of hydrogen-bond donors (Lipinski definition) is 1. The van der Waals surface area contributed by atoms with Crippen molar-refractivity contribution in [2.24, 2.45) is 0 Å². The second kappa shape index (κ2) is 10.8. The normalized spacial score (nSPS) is 12.3. The van der Waals surface area contributed by atoms with E-state index in [-0.39, 0.29) is 29.6 Å². The van der Waals surface area contributed by atoms with E-state index < -0.39 is 0 Å². The monoisotopic (exact) mass is 455 g/mol. The molecule has 0 aliphatic carbocycles. The fourth-order valence-corrected chi connectivity index (χ4v) is 4.33. The van der Waals surface area contributed by atoms with E-state index in [9.17, 15) is 9.59 Å². The topological polar surface area (TPSA) is 46.2 Å². The minimum atomic E-state index is -0.240. The molecule has 0 aliphatic heterocycles. The van der Waals surface area contributed by atoms with Crippen LogP contribution in [0.3, 0.4) is 0 Å². The van der Waals surface area contributed by atoms with Crippen LogP contribution < -0.4 is 5.32 Å². The van der Waals surface area contributed by atoms with E-state index in [0.717, 1.165) is 22.3 Å². The van der Waals surface area contributed by atoms with Gasteiger partial charge in [0.2, 0.25) is 0 Å². The van der Waals surface area contributed by atoms with Gasteiger partial charge < -0.3 is 5.32 Å². The summed E-state index contributed by atoms with van der Waals surface area (Å²) in [7, 11) is 0. The largest absolute Gasteiger partial charge is 0.345 e. The molecule has 3 rings (SSSR count). The molecular weight excluding hydrogens is 418 g/mol. The smallest absolute Gasteiger partial charge is 0.252 e. The molecule has 0 saturated heterocycles. The van der Waals surface area contributed by atoms with Crippen LogP contribution in [0.2, 0.25) is 0 Å². The van der Waals surface area contributed by atoms with E-state index in [1.165, 1.54) is 5.56 Å². The number of nitrogens with one attached hydrogen (secondary N) is 1. The molecule has 0 aromatic heterocycles. The lowest BCUT2D eigenvalue weighted by Gasteiger charge is -2.23. The SMILES string of the molecule is CC(C)c1cc(C(C)C)c(C(=O)c2ccccc2C(=O)N[C@@H](C)c2ccccc2)c(C(C)C)c1. The zero-order chi connectivity index (χ0) is 25.0. The van der Waals surface area contributed by atoms with Gasteiger partial charge in [0.15, 0.2) is 5.78 Å². The van der Waals surface area contributed by atoms with Crippen LogP contribution in [0.5, 0.6) is 0 Å². The summed E-state index contributed by atoms with van der Waals surface area (Å²) in [6, 6.07) is 21.2. The van der Waals surface area contributed by atoms with E-state index in [0.29, 0.717) is 17.0 Å². The molecular formula is C31H37NO2. The molecule has 0 spiro atoms. The Bertz CT molecular complexity index is 1130. The number of amides is 1. The summed E-state index contributed by atoms with van der Waals surface area (Å²) < 4.78 is 0. The van der Waals surface area contributed by atoms with Gasteiger partial charge in [-0.05, 0) is 53.0 Å². The van der Waals surface area contributed by atoms with Gasteiger partial charge in [-0.1, -0.05) is 102 Å².